The van der Waals surface area contributed by atoms with E-state index in [0.717, 1.165) is 17.3 Å². The minimum atomic E-state index is 0.815. The Morgan fingerprint density at radius 1 is 1.25 bits per heavy atom. The molecule has 0 saturated carbocycles. The number of rotatable bonds is 2. The first-order valence-corrected chi connectivity index (χ1v) is 5.72. The Bertz CT molecular complexity index is 514. The number of anilines is 2. The molecule has 0 aliphatic heterocycles. The van der Waals surface area contributed by atoms with Crippen molar-refractivity contribution in [3.8, 4) is 0 Å². The van der Waals surface area contributed by atoms with E-state index in [1.165, 1.54) is 30.4 Å². The fraction of sp³-hybridized carbons (Fsp3) is 0.308. The van der Waals surface area contributed by atoms with Gasteiger partial charge in [0.05, 0.1) is 0 Å². The number of imidazole rings is 1. The summed E-state index contributed by atoms with van der Waals surface area (Å²) in [5, 5.41) is 3.29. The Kier molecular flexibility index (Phi) is 2.17. The van der Waals surface area contributed by atoms with Gasteiger partial charge in [-0.2, -0.15) is 0 Å². The molecule has 0 saturated heterocycles. The summed E-state index contributed by atoms with van der Waals surface area (Å²) in [6, 6.07) is 6.59. The number of aromatic amines is 1. The normalized spacial score (nSPS) is 13.8. The van der Waals surface area contributed by atoms with Gasteiger partial charge in [0.2, 0.25) is 5.95 Å². The molecule has 0 amide bonds. The van der Waals surface area contributed by atoms with E-state index < -0.39 is 0 Å². The number of nitrogens with zero attached hydrogens (tertiary/aromatic N) is 1. The van der Waals surface area contributed by atoms with Gasteiger partial charge in [0.1, 0.15) is 0 Å². The van der Waals surface area contributed by atoms with Gasteiger partial charge in [0, 0.05) is 17.6 Å². The molecule has 2 aromatic rings. The largest absolute Gasteiger partial charge is 0.328 e. The molecule has 0 unspecified atom stereocenters. The van der Waals surface area contributed by atoms with Crippen LogP contribution in [0.1, 0.15) is 23.2 Å². The Balaban J connectivity index is 1.85. The number of H-pyrrole nitrogens is 1. The number of hydrogen-bond donors (Lipinski definition) is 2. The molecule has 0 fully saturated rings. The number of nitrogens with one attached hydrogen (secondary N) is 2. The zero-order valence-corrected chi connectivity index (χ0v) is 9.38. The average Bonchev–Trinajstić information content (AvgIpc) is 2.87. The second-order valence-electron chi connectivity index (χ2n) is 4.38. The first kappa shape index (κ1) is 9.46. The third-order valence-electron chi connectivity index (χ3n) is 3.06. The highest BCUT2D eigenvalue weighted by molar-refractivity contribution is 5.56. The lowest BCUT2D eigenvalue weighted by Crippen LogP contribution is -1.93. The van der Waals surface area contributed by atoms with Crippen molar-refractivity contribution in [2.24, 2.45) is 0 Å². The summed E-state index contributed by atoms with van der Waals surface area (Å²) in [5.74, 6) is 0.815. The maximum absolute atomic E-state index is 4.24. The molecule has 1 aromatic heterocycles. The van der Waals surface area contributed by atoms with Gasteiger partial charge >= 0.3 is 0 Å². The fourth-order valence-electron chi connectivity index (χ4n) is 2.26. The first-order valence-electron chi connectivity index (χ1n) is 5.72. The molecular weight excluding hydrogens is 198 g/mol. The number of aromatic nitrogens is 2. The Labute approximate surface area is 94.9 Å². The van der Waals surface area contributed by atoms with Crippen molar-refractivity contribution in [3.63, 3.8) is 0 Å². The summed E-state index contributed by atoms with van der Waals surface area (Å²) in [6.45, 7) is 2.00. The van der Waals surface area contributed by atoms with Gasteiger partial charge < -0.3 is 10.3 Å². The summed E-state index contributed by atoms with van der Waals surface area (Å²) in [4.78, 5) is 7.41. The Morgan fingerprint density at radius 3 is 2.94 bits per heavy atom. The lowest BCUT2D eigenvalue weighted by Gasteiger charge is -2.05. The molecule has 0 atom stereocenters. The van der Waals surface area contributed by atoms with Gasteiger partial charge in [0.15, 0.2) is 0 Å². The second-order valence-corrected chi connectivity index (χ2v) is 4.38. The van der Waals surface area contributed by atoms with Crippen LogP contribution in [0.4, 0.5) is 11.6 Å². The summed E-state index contributed by atoms with van der Waals surface area (Å²) >= 11 is 0. The summed E-state index contributed by atoms with van der Waals surface area (Å²) in [7, 11) is 0. The number of benzene rings is 1. The SMILES string of the molecule is Cc1cnc(Nc2ccc3c(c2)CCC3)[nH]1. The van der Waals surface area contributed by atoms with Crippen LogP contribution in [-0.2, 0) is 12.8 Å². The van der Waals surface area contributed by atoms with Gasteiger partial charge in [-0.15, -0.1) is 0 Å². The van der Waals surface area contributed by atoms with Crippen molar-refractivity contribution in [1.82, 2.24) is 9.97 Å². The molecule has 0 spiro atoms. The van der Waals surface area contributed by atoms with Crippen molar-refractivity contribution in [2.75, 3.05) is 5.32 Å². The van der Waals surface area contributed by atoms with Crippen LogP contribution in [0, 0.1) is 6.92 Å². The molecule has 0 radical (unpaired) electrons. The van der Waals surface area contributed by atoms with Crippen LogP contribution in [0.15, 0.2) is 24.4 Å². The van der Waals surface area contributed by atoms with E-state index in [-0.39, 0.29) is 0 Å². The van der Waals surface area contributed by atoms with E-state index in [4.69, 9.17) is 0 Å². The summed E-state index contributed by atoms with van der Waals surface area (Å²) in [5.41, 5.74) is 5.17. The average molecular weight is 213 g/mol. The zero-order valence-electron chi connectivity index (χ0n) is 9.38. The number of fused-ring (bicyclic) bond motifs is 1. The quantitative estimate of drug-likeness (QED) is 0.805. The lowest BCUT2D eigenvalue weighted by molar-refractivity contribution is 0.912. The van der Waals surface area contributed by atoms with Crippen molar-refractivity contribution >= 4 is 11.6 Å². The topological polar surface area (TPSA) is 40.7 Å². The third kappa shape index (κ3) is 1.69. The Morgan fingerprint density at radius 2 is 2.12 bits per heavy atom. The van der Waals surface area contributed by atoms with E-state index in [9.17, 15) is 0 Å². The third-order valence-corrected chi connectivity index (χ3v) is 3.06. The molecule has 1 aromatic carbocycles. The highest BCUT2D eigenvalue weighted by Crippen LogP contribution is 2.25. The maximum atomic E-state index is 4.24. The maximum Gasteiger partial charge on any atom is 0.204 e. The highest BCUT2D eigenvalue weighted by Gasteiger charge is 2.10. The minimum absolute atomic E-state index is 0.815. The fourth-order valence-corrected chi connectivity index (χ4v) is 2.26. The van der Waals surface area contributed by atoms with E-state index in [1.54, 1.807) is 0 Å². The Hall–Kier alpha value is -1.77. The zero-order chi connectivity index (χ0) is 11.0. The van der Waals surface area contributed by atoms with Gasteiger partial charge in [0.25, 0.3) is 0 Å². The van der Waals surface area contributed by atoms with Crippen molar-refractivity contribution in [2.45, 2.75) is 26.2 Å². The van der Waals surface area contributed by atoms with Gasteiger partial charge in [-0.3, -0.25) is 0 Å². The minimum Gasteiger partial charge on any atom is -0.328 e. The molecule has 1 heterocycles. The summed E-state index contributed by atoms with van der Waals surface area (Å²) in [6.07, 6.45) is 5.56. The van der Waals surface area contributed by atoms with Gasteiger partial charge in [-0.25, -0.2) is 4.98 Å². The van der Waals surface area contributed by atoms with Crippen LogP contribution in [0.2, 0.25) is 0 Å². The van der Waals surface area contributed by atoms with Crippen molar-refractivity contribution < 1.29 is 0 Å². The van der Waals surface area contributed by atoms with E-state index in [0.29, 0.717) is 0 Å². The first-order chi connectivity index (χ1) is 7.81. The van der Waals surface area contributed by atoms with Crippen LogP contribution in [-0.4, -0.2) is 9.97 Å². The molecule has 82 valence electrons. The molecule has 2 N–H and O–H groups in total. The van der Waals surface area contributed by atoms with Crippen molar-refractivity contribution in [1.29, 1.82) is 0 Å². The van der Waals surface area contributed by atoms with Crippen molar-refractivity contribution in [3.05, 3.63) is 41.2 Å². The number of hydrogen-bond acceptors (Lipinski definition) is 2. The van der Waals surface area contributed by atoms with Crippen LogP contribution in [0.5, 0.6) is 0 Å². The van der Waals surface area contributed by atoms with Gasteiger partial charge in [-0.05, 0) is 49.4 Å². The lowest BCUT2D eigenvalue weighted by atomic mass is 10.1. The molecule has 1 aliphatic rings. The molecular formula is C13H15N3. The monoisotopic (exact) mass is 213 g/mol. The smallest absolute Gasteiger partial charge is 0.204 e. The van der Waals surface area contributed by atoms with Crippen LogP contribution >= 0.6 is 0 Å². The molecule has 3 heteroatoms. The van der Waals surface area contributed by atoms with Gasteiger partial charge in [-0.1, -0.05) is 6.07 Å². The highest BCUT2D eigenvalue weighted by atomic mass is 15.1. The van der Waals surface area contributed by atoms with E-state index in [2.05, 4.69) is 33.5 Å². The molecule has 1 aliphatic carbocycles. The van der Waals surface area contributed by atoms with Crippen LogP contribution < -0.4 is 5.32 Å². The van der Waals surface area contributed by atoms with Crippen LogP contribution in [0.25, 0.3) is 0 Å². The molecule has 3 rings (SSSR count). The van der Waals surface area contributed by atoms with E-state index >= 15 is 0 Å². The predicted molar refractivity (Wildman–Crippen MR) is 65.1 cm³/mol. The van der Waals surface area contributed by atoms with Crippen LogP contribution in [0.3, 0.4) is 0 Å². The molecule has 3 nitrogen and oxygen atoms in total. The molecule has 16 heavy (non-hydrogen) atoms. The second kappa shape index (κ2) is 3.67. The summed E-state index contributed by atoms with van der Waals surface area (Å²) < 4.78 is 0. The van der Waals surface area contributed by atoms with E-state index in [1.807, 2.05) is 13.1 Å². The number of aryl methyl sites for hydroxylation is 3. The predicted octanol–water partition coefficient (Wildman–Crippen LogP) is 2.95. The molecule has 0 bridgehead atoms. The standard InChI is InChI=1S/C13H15N3/c1-9-8-14-13(15-9)16-12-6-5-10-3-2-4-11(10)7-12/h5-8H,2-4H2,1H3,(H2,14,15,16).